The molecule has 2 heterocycles. The second-order valence-electron chi connectivity index (χ2n) is 8.06. The molecular weight excluding hydrogens is 500 g/mol. The van der Waals surface area contributed by atoms with Crippen LogP contribution in [-0.2, 0) is 9.53 Å². The van der Waals surface area contributed by atoms with Gasteiger partial charge in [-0.05, 0) is 98.8 Å². The number of aryl methyl sites for hydroxylation is 1. The number of hydrogen-bond donors (Lipinski definition) is 0. The fourth-order valence-corrected chi connectivity index (χ4v) is 4.89. The zero-order chi connectivity index (χ0) is 25.8. The van der Waals surface area contributed by atoms with Crippen LogP contribution in [0.5, 0.6) is 5.75 Å². The van der Waals surface area contributed by atoms with Crippen molar-refractivity contribution >= 4 is 46.6 Å². The Kier molecular flexibility index (Phi) is 7.86. The minimum Gasteiger partial charge on any atom is -0.492 e. The number of halogens is 1. The highest BCUT2D eigenvalue weighted by Crippen LogP contribution is 2.33. The summed E-state index contributed by atoms with van der Waals surface area (Å²) in [5, 5.41) is 0.279. The van der Waals surface area contributed by atoms with E-state index in [9.17, 15) is 14.4 Å². The fraction of sp³-hybridized carbons (Fsp3) is 0.222. The van der Waals surface area contributed by atoms with Gasteiger partial charge in [-0.1, -0.05) is 11.6 Å². The van der Waals surface area contributed by atoms with Gasteiger partial charge in [-0.15, -0.1) is 0 Å². The number of hydrogen-bond acceptors (Lipinski definition) is 6. The van der Waals surface area contributed by atoms with E-state index in [0.29, 0.717) is 27.8 Å². The molecule has 0 N–H and O–H groups in total. The molecule has 36 heavy (non-hydrogen) atoms. The molecule has 1 aliphatic rings. The SMILES string of the molecule is CCOC(=O)c1ccc(-n2c(C)cc(/C=C3\SC(=O)N(CCOc4ccc(Cl)cc4)C3=O)c2C)cc1. The normalized spacial score (nSPS) is 14.6. The Balaban J connectivity index is 1.47. The number of imide groups is 1. The number of rotatable bonds is 8. The lowest BCUT2D eigenvalue weighted by atomic mass is 10.2. The van der Waals surface area contributed by atoms with Crippen LogP contribution in [0.1, 0.15) is 34.2 Å². The van der Waals surface area contributed by atoms with E-state index in [4.69, 9.17) is 21.1 Å². The molecule has 0 unspecified atom stereocenters. The van der Waals surface area contributed by atoms with Crippen molar-refractivity contribution in [2.75, 3.05) is 19.8 Å². The zero-order valence-corrected chi connectivity index (χ0v) is 21.7. The maximum atomic E-state index is 12.9. The Morgan fingerprint density at radius 2 is 1.75 bits per heavy atom. The Labute approximate surface area is 218 Å². The monoisotopic (exact) mass is 524 g/mol. The molecule has 1 saturated heterocycles. The summed E-state index contributed by atoms with van der Waals surface area (Å²) in [6, 6.07) is 16.0. The van der Waals surface area contributed by atoms with E-state index in [0.717, 1.165) is 34.4 Å². The molecule has 0 saturated carbocycles. The van der Waals surface area contributed by atoms with Crippen LogP contribution in [0.25, 0.3) is 11.8 Å². The summed E-state index contributed by atoms with van der Waals surface area (Å²) in [7, 11) is 0. The third-order valence-corrected chi connectivity index (χ3v) is 6.82. The number of aromatic nitrogens is 1. The predicted molar refractivity (Wildman–Crippen MR) is 141 cm³/mol. The summed E-state index contributed by atoms with van der Waals surface area (Å²) >= 11 is 6.79. The van der Waals surface area contributed by atoms with Crippen molar-refractivity contribution in [2.45, 2.75) is 20.8 Å². The maximum absolute atomic E-state index is 12.9. The van der Waals surface area contributed by atoms with Crippen LogP contribution in [-0.4, -0.2) is 46.3 Å². The highest BCUT2D eigenvalue weighted by molar-refractivity contribution is 8.18. The van der Waals surface area contributed by atoms with E-state index in [-0.39, 0.29) is 30.3 Å². The summed E-state index contributed by atoms with van der Waals surface area (Å²) in [5.74, 6) is -0.0853. The molecule has 3 aromatic rings. The number of carbonyl (C=O) groups excluding carboxylic acids is 3. The summed E-state index contributed by atoms with van der Waals surface area (Å²) < 4.78 is 12.7. The number of nitrogens with zero attached hydrogens (tertiary/aromatic N) is 2. The van der Waals surface area contributed by atoms with Gasteiger partial charge >= 0.3 is 5.97 Å². The second-order valence-corrected chi connectivity index (χ2v) is 9.49. The van der Waals surface area contributed by atoms with Crippen molar-refractivity contribution < 1.29 is 23.9 Å². The van der Waals surface area contributed by atoms with Crippen LogP contribution in [0.15, 0.2) is 59.5 Å². The number of esters is 1. The molecule has 186 valence electrons. The van der Waals surface area contributed by atoms with E-state index in [1.165, 1.54) is 4.90 Å². The third kappa shape index (κ3) is 5.50. The number of amides is 2. The van der Waals surface area contributed by atoms with Gasteiger partial charge < -0.3 is 14.0 Å². The standard InChI is InChI=1S/C27H25ClN2O5S/c1-4-34-26(32)19-5-9-22(10-6-19)30-17(2)15-20(18(30)3)16-24-25(31)29(27(33)36-24)13-14-35-23-11-7-21(28)8-12-23/h5-12,15-16H,4,13-14H2,1-3H3/b24-16-. The molecule has 2 amide bonds. The van der Waals surface area contributed by atoms with Gasteiger partial charge in [0.15, 0.2) is 0 Å². The van der Waals surface area contributed by atoms with Gasteiger partial charge in [0.1, 0.15) is 12.4 Å². The zero-order valence-electron chi connectivity index (χ0n) is 20.1. The molecule has 0 spiro atoms. The second kappa shape index (κ2) is 11.1. The Hall–Kier alpha value is -3.49. The molecular formula is C27H25ClN2O5S. The van der Waals surface area contributed by atoms with E-state index in [1.807, 2.05) is 36.6 Å². The Bertz CT molecular complexity index is 1330. The van der Waals surface area contributed by atoms with Crippen LogP contribution in [0.2, 0.25) is 5.02 Å². The Morgan fingerprint density at radius 3 is 2.42 bits per heavy atom. The molecule has 0 radical (unpaired) electrons. The van der Waals surface area contributed by atoms with Crippen molar-refractivity contribution in [1.82, 2.24) is 9.47 Å². The molecule has 7 nitrogen and oxygen atoms in total. The van der Waals surface area contributed by atoms with Gasteiger partial charge in [-0.3, -0.25) is 14.5 Å². The molecule has 1 aromatic heterocycles. The minimum absolute atomic E-state index is 0.149. The van der Waals surface area contributed by atoms with E-state index in [2.05, 4.69) is 0 Å². The maximum Gasteiger partial charge on any atom is 0.338 e. The Morgan fingerprint density at radius 1 is 1.06 bits per heavy atom. The van der Waals surface area contributed by atoms with Gasteiger partial charge in [-0.25, -0.2) is 4.79 Å². The highest BCUT2D eigenvalue weighted by Gasteiger charge is 2.35. The molecule has 9 heteroatoms. The lowest BCUT2D eigenvalue weighted by Gasteiger charge is -2.13. The largest absolute Gasteiger partial charge is 0.492 e. The highest BCUT2D eigenvalue weighted by atomic mass is 35.5. The smallest absolute Gasteiger partial charge is 0.338 e. The molecule has 1 fully saturated rings. The first-order valence-electron chi connectivity index (χ1n) is 11.4. The van der Waals surface area contributed by atoms with Crippen LogP contribution >= 0.6 is 23.4 Å². The first-order chi connectivity index (χ1) is 17.3. The lowest BCUT2D eigenvalue weighted by Crippen LogP contribution is -2.32. The van der Waals surface area contributed by atoms with Gasteiger partial charge in [0, 0.05) is 22.1 Å². The molecule has 1 aliphatic heterocycles. The number of benzene rings is 2. The summed E-state index contributed by atoms with van der Waals surface area (Å²) in [6.45, 7) is 6.33. The van der Waals surface area contributed by atoms with Gasteiger partial charge in [0.2, 0.25) is 0 Å². The first kappa shape index (κ1) is 25.6. The molecule has 0 atom stereocenters. The summed E-state index contributed by atoms with van der Waals surface area (Å²) in [6.07, 6.45) is 1.75. The summed E-state index contributed by atoms with van der Waals surface area (Å²) in [4.78, 5) is 38.9. The van der Waals surface area contributed by atoms with Crippen molar-refractivity contribution in [3.63, 3.8) is 0 Å². The average molecular weight is 525 g/mol. The van der Waals surface area contributed by atoms with Gasteiger partial charge in [-0.2, -0.15) is 0 Å². The number of ether oxygens (including phenoxy) is 2. The quantitative estimate of drug-likeness (QED) is 0.264. The van der Waals surface area contributed by atoms with Crippen LogP contribution in [0, 0.1) is 13.8 Å². The van der Waals surface area contributed by atoms with Crippen molar-refractivity contribution in [1.29, 1.82) is 0 Å². The number of carbonyl (C=O) groups is 3. The minimum atomic E-state index is -0.361. The van der Waals surface area contributed by atoms with Gasteiger partial charge in [0.25, 0.3) is 11.1 Å². The first-order valence-corrected chi connectivity index (χ1v) is 12.6. The number of thioether (sulfide) groups is 1. The van der Waals surface area contributed by atoms with E-state index < -0.39 is 0 Å². The van der Waals surface area contributed by atoms with E-state index >= 15 is 0 Å². The fourth-order valence-electron chi connectivity index (χ4n) is 3.91. The molecule has 2 aromatic carbocycles. The van der Waals surface area contributed by atoms with Gasteiger partial charge in [0.05, 0.1) is 23.6 Å². The van der Waals surface area contributed by atoms with Crippen molar-refractivity contribution in [2.24, 2.45) is 0 Å². The topological polar surface area (TPSA) is 77.8 Å². The molecule has 0 bridgehead atoms. The van der Waals surface area contributed by atoms with Crippen molar-refractivity contribution in [3.8, 4) is 11.4 Å². The summed E-state index contributed by atoms with van der Waals surface area (Å²) in [5.41, 5.74) is 4.07. The van der Waals surface area contributed by atoms with Crippen LogP contribution in [0.3, 0.4) is 0 Å². The third-order valence-electron chi connectivity index (χ3n) is 5.66. The molecule has 0 aliphatic carbocycles. The predicted octanol–water partition coefficient (Wildman–Crippen LogP) is 6.04. The molecule has 4 rings (SSSR count). The van der Waals surface area contributed by atoms with Crippen LogP contribution < -0.4 is 4.74 Å². The average Bonchev–Trinajstić information content (AvgIpc) is 3.29. The van der Waals surface area contributed by atoms with E-state index in [1.54, 1.807) is 49.4 Å². The lowest BCUT2D eigenvalue weighted by molar-refractivity contribution is -0.123. The van der Waals surface area contributed by atoms with Crippen LogP contribution in [0.4, 0.5) is 4.79 Å². The van der Waals surface area contributed by atoms with Crippen molar-refractivity contribution in [3.05, 3.63) is 87.0 Å².